The van der Waals surface area contributed by atoms with Crippen molar-refractivity contribution >= 4 is 11.8 Å². The molecule has 1 aliphatic heterocycles. The number of carbonyl (C=O) groups excluding carboxylic acids is 2. The molecule has 3 aromatic rings. The summed E-state index contributed by atoms with van der Waals surface area (Å²) in [5.41, 5.74) is 1.76. The largest absolute Gasteiger partial charge is 0.497 e. The Kier molecular flexibility index (Phi) is 6.58. The third-order valence-corrected chi connectivity index (χ3v) is 5.83. The number of halogens is 3. The Bertz CT molecular complexity index is 1180. The lowest BCUT2D eigenvalue weighted by Crippen LogP contribution is -2.50. The van der Waals surface area contributed by atoms with Crippen molar-refractivity contribution in [3.8, 4) is 16.9 Å². The van der Waals surface area contributed by atoms with E-state index in [1.165, 1.54) is 12.1 Å². The maximum absolute atomic E-state index is 13.1. The van der Waals surface area contributed by atoms with Gasteiger partial charge >= 0.3 is 6.18 Å². The fraction of sp³-hybridized carbons (Fsp3) is 0.231. The molecule has 0 bridgehead atoms. The number of hydrogen-bond donors (Lipinski definition) is 0. The minimum atomic E-state index is -4.45. The van der Waals surface area contributed by atoms with Crippen LogP contribution in [-0.4, -0.2) is 54.9 Å². The zero-order valence-corrected chi connectivity index (χ0v) is 18.5. The highest BCUT2D eigenvalue weighted by Crippen LogP contribution is 2.29. The molecule has 1 fully saturated rings. The lowest BCUT2D eigenvalue weighted by Gasteiger charge is -2.35. The molecule has 2 amide bonds. The summed E-state index contributed by atoms with van der Waals surface area (Å²) in [5, 5.41) is 0. The van der Waals surface area contributed by atoms with E-state index < -0.39 is 11.7 Å². The molecule has 1 saturated heterocycles. The van der Waals surface area contributed by atoms with Crippen LogP contribution in [0.15, 0.2) is 72.8 Å². The zero-order chi connectivity index (χ0) is 24.3. The first-order valence-corrected chi connectivity index (χ1v) is 10.8. The number of hydrogen-bond acceptors (Lipinski definition) is 3. The monoisotopic (exact) mass is 468 g/mol. The zero-order valence-electron chi connectivity index (χ0n) is 18.5. The summed E-state index contributed by atoms with van der Waals surface area (Å²) in [6, 6.07) is 19.1. The first-order valence-electron chi connectivity index (χ1n) is 10.8. The highest BCUT2D eigenvalue weighted by atomic mass is 19.4. The lowest BCUT2D eigenvalue weighted by atomic mass is 10.0. The van der Waals surface area contributed by atoms with E-state index in [1.807, 2.05) is 42.5 Å². The van der Waals surface area contributed by atoms with E-state index in [1.54, 1.807) is 23.0 Å². The molecule has 3 aromatic carbocycles. The molecule has 0 aliphatic carbocycles. The molecule has 0 atom stereocenters. The number of piperazine rings is 1. The fourth-order valence-corrected chi connectivity index (χ4v) is 3.91. The maximum atomic E-state index is 13.1. The van der Waals surface area contributed by atoms with Gasteiger partial charge in [0.25, 0.3) is 11.8 Å². The average Bonchev–Trinajstić information content (AvgIpc) is 2.87. The minimum absolute atomic E-state index is 0.133. The molecule has 176 valence electrons. The topological polar surface area (TPSA) is 49.9 Å². The summed E-state index contributed by atoms with van der Waals surface area (Å²) in [7, 11) is 1.60. The molecule has 34 heavy (non-hydrogen) atoms. The second-order valence-electron chi connectivity index (χ2n) is 7.97. The van der Waals surface area contributed by atoms with Gasteiger partial charge in [0, 0.05) is 37.3 Å². The Morgan fingerprint density at radius 2 is 1.26 bits per heavy atom. The second-order valence-corrected chi connectivity index (χ2v) is 7.97. The van der Waals surface area contributed by atoms with Crippen LogP contribution >= 0.6 is 0 Å². The summed E-state index contributed by atoms with van der Waals surface area (Å²) in [6.45, 7) is 1.30. The standard InChI is InChI=1S/C26H23F3N2O3/c1-34-23-7-3-5-20(17-23)19-4-2-6-21(16-19)25(33)31-14-12-30(13-15-31)24(32)18-8-10-22(11-9-18)26(27,28)29/h2-11,16-17H,12-15H2,1H3. The molecular weight excluding hydrogens is 445 g/mol. The summed E-state index contributed by atoms with van der Waals surface area (Å²) in [4.78, 5) is 29.0. The lowest BCUT2D eigenvalue weighted by molar-refractivity contribution is -0.137. The van der Waals surface area contributed by atoms with Crippen LogP contribution in [0.3, 0.4) is 0 Å². The molecule has 0 N–H and O–H groups in total. The number of ether oxygens (including phenoxy) is 1. The van der Waals surface area contributed by atoms with E-state index in [0.717, 1.165) is 29.0 Å². The minimum Gasteiger partial charge on any atom is -0.497 e. The summed E-state index contributed by atoms with van der Waals surface area (Å²) in [5.74, 6) is 0.246. The molecule has 0 saturated carbocycles. The van der Waals surface area contributed by atoms with Gasteiger partial charge in [-0.15, -0.1) is 0 Å². The Morgan fingerprint density at radius 1 is 0.735 bits per heavy atom. The molecule has 0 spiro atoms. The van der Waals surface area contributed by atoms with E-state index in [9.17, 15) is 22.8 Å². The Labute approximate surface area is 195 Å². The van der Waals surface area contributed by atoms with E-state index in [2.05, 4.69) is 0 Å². The van der Waals surface area contributed by atoms with E-state index in [4.69, 9.17) is 4.74 Å². The highest BCUT2D eigenvalue weighted by Gasteiger charge is 2.31. The summed E-state index contributed by atoms with van der Waals surface area (Å²) >= 11 is 0. The number of rotatable bonds is 4. The van der Waals surface area contributed by atoms with Crippen molar-refractivity contribution in [3.63, 3.8) is 0 Å². The van der Waals surface area contributed by atoms with Crippen LogP contribution in [0.2, 0.25) is 0 Å². The summed E-state index contributed by atoms with van der Waals surface area (Å²) in [6.07, 6.45) is -4.45. The van der Waals surface area contributed by atoms with Crippen molar-refractivity contribution in [1.29, 1.82) is 0 Å². The number of amides is 2. The van der Waals surface area contributed by atoms with Gasteiger partial charge < -0.3 is 14.5 Å². The van der Waals surface area contributed by atoms with Gasteiger partial charge in [0.2, 0.25) is 0 Å². The van der Waals surface area contributed by atoms with Crippen molar-refractivity contribution in [2.75, 3.05) is 33.3 Å². The first kappa shape index (κ1) is 23.4. The molecule has 8 heteroatoms. The molecule has 1 heterocycles. The molecular formula is C26H23F3N2O3. The smallest absolute Gasteiger partial charge is 0.416 e. The number of benzene rings is 3. The quantitative estimate of drug-likeness (QED) is 0.543. The van der Waals surface area contributed by atoms with E-state index in [-0.39, 0.29) is 17.4 Å². The third kappa shape index (κ3) is 5.06. The van der Waals surface area contributed by atoms with Crippen molar-refractivity contribution in [1.82, 2.24) is 9.80 Å². The molecule has 0 radical (unpaired) electrons. The second kappa shape index (κ2) is 9.59. The number of methoxy groups -OCH3 is 1. The predicted octanol–water partition coefficient (Wildman–Crippen LogP) is 4.98. The van der Waals surface area contributed by atoms with E-state index >= 15 is 0 Å². The van der Waals surface area contributed by atoms with Crippen LogP contribution < -0.4 is 4.74 Å². The van der Waals surface area contributed by atoms with Crippen molar-refractivity contribution in [2.45, 2.75) is 6.18 Å². The van der Waals surface area contributed by atoms with Gasteiger partial charge in [0.1, 0.15) is 5.75 Å². The number of alkyl halides is 3. The third-order valence-electron chi connectivity index (χ3n) is 5.83. The Hall–Kier alpha value is -3.81. The van der Waals surface area contributed by atoms with Gasteiger partial charge in [-0.05, 0) is 59.7 Å². The van der Waals surface area contributed by atoms with Gasteiger partial charge in [-0.2, -0.15) is 13.2 Å². The van der Waals surface area contributed by atoms with Gasteiger partial charge in [0.05, 0.1) is 12.7 Å². The van der Waals surface area contributed by atoms with Gasteiger partial charge in [0.15, 0.2) is 0 Å². The van der Waals surface area contributed by atoms with Crippen LogP contribution in [0.1, 0.15) is 26.3 Å². The maximum Gasteiger partial charge on any atom is 0.416 e. The molecule has 0 aromatic heterocycles. The van der Waals surface area contributed by atoms with Gasteiger partial charge in [-0.1, -0.05) is 24.3 Å². The Balaban J connectivity index is 1.40. The van der Waals surface area contributed by atoms with Crippen molar-refractivity contribution in [2.24, 2.45) is 0 Å². The summed E-state index contributed by atoms with van der Waals surface area (Å²) < 4.78 is 43.5. The molecule has 4 rings (SSSR count). The highest BCUT2D eigenvalue weighted by molar-refractivity contribution is 5.96. The first-order chi connectivity index (χ1) is 16.3. The van der Waals surface area contributed by atoms with Crippen LogP contribution in [0, 0.1) is 0 Å². The molecule has 1 aliphatic rings. The predicted molar refractivity (Wildman–Crippen MR) is 122 cm³/mol. The van der Waals surface area contributed by atoms with Crippen LogP contribution in [-0.2, 0) is 6.18 Å². The van der Waals surface area contributed by atoms with Crippen LogP contribution in [0.25, 0.3) is 11.1 Å². The number of nitrogens with zero attached hydrogens (tertiary/aromatic N) is 2. The van der Waals surface area contributed by atoms with Crippen LogP contribution in [0.4, 0.5) is 13.2 Å². The Morgan fingerprint density at radius 3 is 1.82 bits per heavy atom. The normalized spacial score (nSPS) is 14.1. The fourth-order valence-electron chi connectivity index (χ4n) is 3.91. The van der Waals surface area contributed by atoms with Gasteiger partial charge in [-0.3, -0.25) is 9.59 Å². The SMILES string of the molecule is COc1cccc(-c2cccc(C(=O)N3CCN(C(=O)c4ccc(C(F)(F)F)cc4)CC3)c2)c1. The molecule has 0 unspecified atom stereocenters. The average molecular weight is 468 g/mol. The van der Waals surface area contributed by atoms with Crippen molar-refractivity contribution in [3.05, 3.63) is 89.5 Å². The number of carbonyl (C=O) groups is 2. The van der Waals surface area contributed by atoms with Crippen LogP contribution in [0.5, 0.6) is 5.75 Å². The van der Waals surface area contributed by atoms with Gasteiger partial charge in [-0.25, -0.2) is 0 Å². The van der Waals surface area contributed by atoms with Crippen molar-refractivity contribution < 1.29 is 27.5 Å². The molecule has 5 nitrogen and oxygen atoms in total. The van der Waals surface area contributed by atoms with E-state index in [0.29, 0.717) is 31.7 Å².